The second-order valence-corrected chi connectivity index (χ2v) is 7.01. The molecule has 0 aliphatic carbocycles. The number of carbonyl (C=O) groups is 1. The molecule has 126 valence electrons. The van der Waals surface area contributed by atoms with Crippen LogP contribution in [0.1, 0.15) is 0 Å². The van der Waals surface area contributed by atoms with Gasteiger partial charge in [-0.25, -0.2) is 4.57 Å². The Morgan fingerprint density at radius 1 is 0.810 bits per heavy atom. The second-order valence-electron chi connectivity index (χ2n) is 3.57. The minimum atomic E-state index is -4.25. The number of alkyl halides is 5. The number of carbonyl (C=O) groups excluding carboxylic acids is 1. The molecule has 0 spiro atoms. The molecule has 0 aliphatic heterocycles. The van der Waals surface area contributed by atoms with E-state index in [1.807, 2.05) is 0 Å². The topological polar surface area (TPSA) is 61.8 Å². The van der Waals surface area contributed by atoms with Crippen LogP contribution in [0.2, 0.25) is 0 Å². The van der Waals surface area contributed by atoms with E-state index in [2.05, 4.69) is 0 Å². The van der Waals surface area contributed by atoms with Crippen molar-refractivity contribution < 1.29 is 22.9 Å². The molecule has 0 heterocycles. The van der Waals surface area contributed by atoms with Crippen LogP contribution in [0.4, 0.5) is 0 Å². The number of hydrogen-bond donors (Lipinski definition) is 0. The normalized spacial score (nSPS) is 13.9. The van der Waals surface area contributed by atoms with E-state index in [4.69, 9.17) is 83.2 Å². The summed E-state index contributed by atoms with van der Waals surface area (Å²) in [5.74, 6) is -0.655. The predicted molar refractivity (Wildman–Crippen MR) is 86.7 cm³/mol. The molecule has 21 heavy (non-hydrogen) atoms. The molecule has 0 saturated heterocycles. The Morgan fingerprint density at radius 3 is 1.43 bits per heavy atom. The van der Waals surface area contributed by atoms with Crippen molar-refractivity contribution in [3.8, 4) is 0 Å². The first-order chi connectivity index (χ1) is 9.85. The smallest absolute Gasteiger partial charge is 0.281 e. The Balaban J connectivity index is 5.13. The largest absolute Gasteiger partial charge is 0.476 e. The van der Waals surface area contributed by atoms with Gasteiger partial charge in [0.1, 0.15) is 0 Å². The molecule has 0 radical (unpaired) electrons. The molecule has 0 aromatic rings. The maximum Gasteiger partial charge on any atom is 0.476 e. The predicted octanol–water partition coefficient (Wildman–Crippen LogP) is 4.21. The van der Waals surface area contributed by atoms with Crippen molar-refractivity contribution in [3.05, 3.63) is 0 Å². The van der Waals surface area contributed by atoms with Crippen molar-refractivity contribution in [2.45, 2.75) is 18.3 Å². The van der Waals surface area contributed by atoms with Gasteiger partial charge in [0.05, 0.1) is 41.6 Å². The number of rotatable bonds is 12. The SMILES string of the molecule is O=C(Cl)C(CCl)OP(=O)(OC(CCl)CCl)OC(CCl)CCl. The number of hydrogen-bond acceptors (Lipinski definition) is 5. The molecule has 0 saturated carbocycles. The molecular weight excluding hydrogens is 432 g/mol. The first-order valence-electron chi connectivity index (χ1n) is 5.50. The Kier molecular flexibility index (Phi) is 12.8. The number of phosphoric ester groups is 1. The second kappa shape index (κ2) is 12.0. The van der Waals surface area contributed by atoms with Crippen LogP contribution in [0.25, 0.3) is 0 Å². The van der Waals surface area contributed by atoms with Crippen molar-refractivity contribution in [3.63, 3.8) is 0 Å². The first kappa shape index (κ1) is 22.5. The summed E-state index contributed by atoms with van der Waals surface area (Å²) in [5.41, 5.74) is 0. The molecule has 0 N–H and O–H groups in total. The molecule has 0 aromatic carbocycles. The van der Waals surface area contributed by atoms with Gasteiger partial charge < -0.3 is 0 Å². The zero-order valence-electron chi connectivity index (χ0n) is 10.5. The quantitative estimate of drug-likeness (QED) is 0.256. The monoisotopic (exact) mass is 442 g/mol. The molecular formula is C9H13Cl6O5P. The van der Waals surface area contributed by atoms with E-state index in [0.29, 0.717) is 0 Å². The molecule has 1 unspecified atom stereocenters. The highest BCUT2D eigenvalue weighted by molar-refractivity contribution is 7.48. The lowest BCUT2D eigenvalue weighted by Crippen LogP contribution is -2.27. The van der Waals surface area contributed by atoms with Crippen molar-refractivity contribution in [1.82, 2.24) is 0 Å². The van der Waals surface area contributed by atoms with E-state index >= 15 is 0 Å². The van der Waals surface area contributed by atoms with E-state index < -0.39 is 31.4 Å². The van der Waals surface area contributed by atoms with Crippen molar-refractivity contribution in [1.29, 1.82) is 0 Å². The molecule has 1 atom stereocenters. The maximum atomic E-state index is 12.6. The molecule has 12 heteroatoms. The lowest BCUT2D eigenvalue weighted by molar-refractivity contribution is -0.118. The fourth-order valence-electron chi connectivity index (χ4n) is 0.921. The summed E-state index contributed by atoms with van der Waals surface area (Å²) in [6.07, 6.45) is -3.07. The summed E-state index contributed by atoms with van der Waals surface area (Å²) in [4.78, 5) is 11.1. The number of halogens is 6. The van der Waals surface area contributed by atoms with Gasteiger partial charge in [-0.3, -0.25) is 18.4 Å². The van der Waals surface area contributed by atoms with Gasteiger partial charge in [-0.15, -0.1) is 58.0 Å². The maximum absolute atomic E-state index is 12.6. The van der Waals surface area contributed by atoms with Crippen LogP contribution >= 0.6 is 77.4 Å². The van der Waals surface area contributed by atoms with E-state index in [1.165, 1.54) is 0 Å². The lowest BCUT2D eigenvalue weighted by atomic mass is 10.5. The molecule has 0 fully saturated rings. The third kappa shape index (κ3) is 8.80. The average molecular weight is 445 g/mol. The van der Waals surface area contributed by atoms with E-state index in [1.54, 1.807) is 0 Å². The summed E-state index contributed by atoms with van der Waals surface area (Å²) in [6, 6.07) is 0. The first-order valence-corrected chi connectivity index (χ1v) is 10.0. The summed E-state index contributed by atoms with van der Waals surface area (Å²) < 4.78 is 27.8. The van der Waals surface area contributed by atoms with Crippen molar-refractivity contribution in [2.24, 2.45) is 0 Å². The third-order valence-electron chi connectivity index (χ3n) is 1.89. The Labute approximate surface area is 153 Å². The van der Waals surface area contributed by atoms with Gasteiger partial charge in [-0.2, -0.15) is 0 Å². The lowest BCUT2D eigenvalue weighted by Gasteiger charge is -2.26. The molecule has 0 amide bonds. The molecule has 0 aromatic heterocycles. The fourth-order valence-corrected chi connectivity index (χ4v) is 4.40. The highest BCUT2D eigenvalue weighted by atomic mass is 35.5. The summed E-state index contributed by atoms with van der Waals surface area (Å²) in [5, 5.41) is -0.959. The van der Waals surface area contributed by atoms with E-state index in [-0.39, 0.29) is 29.4 Å². The van der Waals surface area contributed by atoms with Gasteiger partial charge in [0.25, 0.3) is 5.24 Å². The Morgan fingerprint density at radius 2 is 1.19 bits per heavy atom. The van der Waals surface area contributed by atoms with Gasteiger partial charge in [0.15, 0.2) is 6.10 Å². The van der Waals surface area contributed by atoms with Gasteiger partial charge in [0.2, 0.25) is 0 Å². The van der Waals surface area contributed by atoms with Gasteiger partial charge in [0, 0.05) is 0 Å². The van der Waals surface area contributed by atoms with Crippen molar-refractivity contribution in [2.75, 3.05) is 29.4 Å². The van der Waals surface area contributed by atoms with Crippen LogP contribution in [0.15, 0.2) is 0 Å². The minimum Gasteiger partial charge on any atom is -0.281 e. The summed E-state index contributed by atoms with van der Waals surface area (Å²) >= 11 is 33.2. The molecule has 5 nitrogen and oxygen atoms in total. The van der Waals surface area contributed by atoms with Crippen LogP contribution in [-0.4, -0.2) is 53.0 Å². The Hall–Kier alpha value is 1.52. The highest BCUT2D eigenvalue weighted by Gasteiger charge is 2.38. The van der Waals surface area contributed by atoms with Crippen LogP contribution in [0.5, 0.6) is 0 Å². The molecule has 0 rings (SSSR count). The van der Waals surface area contributed by atoms with Crippen LogP contribution < -0.4 is 0 Å². The van der Waals surface area contributed by atoms with Crippen molar-refractivity contribution >= 4 is 82.7 Å². The van der Waals surface area contributed by atoms with E-state index in [0.717, 1.165) is 0 Å². The summed E-state index contributed by atoms with van der Waals surface area (Å²) in [6.45, 7) is 0. The van der Waals surface area contributed by atoms with Gasteiger partial charge in [-0.05, 0) is 11.6 Å². The zero-order chi connectivity index (χ0) is 16.5. The minimum absolute atomic E-state index is 0.0764. The average Bonchev–Trinajstić information content (AvgIpc) is 2.47. The van der Waals surface area contributed by atoms with Crippen LogP contribution in [0.3, 0.4) is 0 Å². The fraction of sp³-hybridized carbons (Fsp3) is 0.889. The highest BCUT2D eigenvalue weighted by Crippen LogP contribution is 2.53. The van der Waals surface area contributed by atoms with Gasteiger partial charge >= 0.3 is 7.82 Å². The van der Waals surface area contributed by atoms with Crippen LogP contribution in [-0.2, 0) is 22.9 Å². The zero-order valence-corrected chi connectivity index (χ0v) is 16.0. The molecule has 0 bridgehead atoms. The summed E-state index contributed by atoms with van der Waals surface area (Å²) in [7, 11) is -4.25. The molecule has 0 aliphatic rings. The van der Waals surface area contributed by atoms with Gasteiger partial charge in [-0.1, -0.05) is 0 Å². The Bertz CT molecular complexity index is 334. The number of phosphoric acid groups is 1. The third-order valence-corrected chi connectivity index (χ3v) is 5.42. The van der Waals surface area contributed by atoms with Crippen LogP contribution in [0, 0.1) is 0 Å². The standard InChI is InChI=1S/C9H13Cl6O5P/c10-1-6(2-11)18-21(17,19-7(3-12)4-13)20-8(5-14)9(15)16/h6-8H,1-5H2. The van der Waals surface area contributed by atoms with E-state index in [9.17, 15) is 9.36 Å².